The van der Waals surface area contributed by atoms with Crippen LogP contribution in [0.25, 0.3) is 0 Å². The van der Waals surface area contributed by atoms with Gasteiger partial charge in [-0.3, -0.25) is 4.79 Å². The van der Waals surface area contributed by atoms with Gasteiger partial charge in [-0.1, -0.05) is 23.7 Å². The average molecular weight is 340 g/mol. The Labute approximate surface area is 124 Å². The first-order chi connectivity index (χ1) is 9.10. The number of carbonyl (C=O) groups is 1. The van der Waals surface area contributed by atoms with E-state index in [2.05, 4.69) is 21.2 Å². The van der Waals surface area contributed by atoms with E-state index in [-0.39, 0.29) is 5.91 Å². The second-order valence-electron chi connectivity index (χ2n) is 3.99. The van der Waals surface area contributed by atoms with Crippen molar-refractivity contribution in [2.45, 2.75) is 6.54 Å². The minimum atomic E-state index is -0.188. The molecule has 0 heterocycles. The molecule has 0 saturated heterocycles. The van der Waals surface area contributed by atoms with Gasteiger partial charge in [0.2, 0.25) is 0 Å². The van der Waals surface area contributed by atoms with E-state index < -0.39 is 0 Å². The lowest BCUT2D eigenvalue weighted by Crippen LogP contribution is -2.12. The summed E-state index contributed by atoms with van der Waals surface area (Å²) in [6, 6.07) is 12.5. The Hall–Kier alpha value is -1.36. The Kier molecular flexibility index (Phi) is 4.58. The number of hydrogen-bond acceptors (Lipinski definition) is 2. The van der Waals surface area contributed by atoms with E-state index in [0.29, 0.717) is 21.6 Å². The number of anilines is 1. The molecular formula is C14H12BrClN2O. The maximum Gasteiger partial charge on any atom is 0.255 e. The van der Waals surface area contributed by atoms with Crippen LogP contribution in [0.3, 0.4) is 0 Å². The molecule has 2 rings (SSSR count). The first kappa shape index (κ1) is 14.1. The van der Waals surface area contributed by atoms with E-state index in [1.807, 2.05) is 24.3 Å². The van der Waals surface area contributed by atoms with Crippen LogP contribution in [0.4, 0.5) is 5.69 Å². The van der Waals surface area contributed by atoms with Gasteiger partial charge in [0.1, 0.15) is 0 Å². The Balaban J connectivity index is 2.18. The van der Waals surface area contributed by atoms with Gasteiger partial charge in [0.15, 0.2) is 0 Å². The van der Waals surface area contributed by atoms with Crippen molar-refractivity contribution in [3.05, 3.63) is 63.1 Å². The van der Waals surface area contributed by atoms with Crippen LogP contribution >= 0.6 is 27.5 Å². The van der Waals surface area contributed by atoms with Crippen LogP contribution in [0.15, 0.2) is 46.9 Å². The lowest BCUT2D eigenvalue weighted by molar-refractivity contribution is 0.102. The molecule has 19 heavy (non-hydrogen) atoms. The molecule has 0 aromatic heterocycles. The van der Waals surface area contributed by atoms with E-state index in [4.69, 9.17) is 17.3 Å². The van der Waals surface area contributed by atoms with Crippen LogP contribution in [-0.4, -0.2) is 5.91 Å². The normalized spacial score (nSPS) is 10.3. The molecule has 0 fully saturated rings. The topological polar surface area (TPSA) is 55.1 Å². The van der Waals surface area contributed by atoms with Gasteiger partial charge in [-0.15, -0.1) is 0 Å². The lowest BCUT2D eigenvalue weighted by Gasteiger charge is -2.07. The van der Waals surface area contributed by atoms with Crippen LogP contribution in [0.1, 0.15) is 15.9 Å². The summed E-state index contributed by atoms with van der Waals surface area (Å²) < 4.78 is 0.692. The van der Waals surface area contributed by atoms with Gasteiger partial charge in [-0.05, 0) is 51.8 Å². The smallest absolute Gasteiger partial charge is 0.255 e. The summed E-state index contributed by atoms with van der Waals surface area (Å²) >= 11 is 9.19. The van der Waals surface area contributed by atoms with Crippen molar-refractivity contribution in [2.24, 2.45) is 5.73 Å². The maximum atomic E-state index is 12.1. The number of rotatable bonds is 3. The molecule has 0 saturated carbocycles. The zero-order valence-corrected chi connectivity index (χ0v) is 12.3. The molecule has 0 radical (unpaired) electrons. The molecule has 0 aliphatic carbocycles. The molecule has 0 bridgehead atoms. The van der Waals surface area contributed by atoms with E-state index in [9.17, 15) is 4.79 Å². The zero-order valence-electron chi connectivity index (χ0n) is 9.99. The summed E-state index contributed by atoms with van der Waals surface area (Å²) in [5.41, 5.74) is 7.79. The summed E-state index contributed by atoms with van der Waals surface area (Å²) in [4.78, 5) is 12.1. The van der Waals surface area contributed by atoms with E-state index in [1.54, 1.807) is 18.2 Å². The summed E-state index contributed by atoms with van der Waals surface area (Å²) in [6.45, 7) is 0.441. The van der Waals surface area contributed by atoms with Crippen molar-refractivity contribution >= 4 is 39.1 Å². The molecule has 1 amide bonds. The van der Waals surface area contributed by atoms with Crippen LogP contribution in [0, 0.1) is 0 Å². The number of nitrogens with one attached hydrogen (secondary N) is 1. The van der Waals surface area contributed by atoms with Crippen molar-refractivity contribution < 1.29 is 4.79 Å². The zero-order chi connectivity index (χ0) is 13.8. The number of nitrogens with two attached hydrogens (primary N) is 1. The minimum Gasteiger partial charge on any atom is -0.326 e. The summed E-state index contributed by atoms with van der Waals surface area (Å²) in [6.07, 6.45) is 0. The molecule has 0 atom stereocenters. The quantitative estimate of drug-likeness (QED) is 0.893. The Bertz CT molecular complexity index is 616. The third-order valence-corrected chi connectivity index (χ3v) is 3.82. The number of halogens is 2. The van der Waals surface area contributed by atoms with Gasteiger partial charge in [0.25, 0.3) is 5.91 Å². The van der Waals surface area contributed by atoms with Crippen molar-refractivity contribution in [1.29, 1.82) is 0 Å². The standard InChI is InChI=1S/C14H12BrClN2O/c15-12-7-10(4-5-13(12)16)14(19)18-11-3-1-2-9(6-11)8-17/h1-7H,8,17H2,(H,18,19). The fraction of sp³-hybridized carbons (Fsp3) is 0.0714. The summed E-state index contributed by atoms with van der Waals surface area (Å²) in [7, 11) is 0. The molecular weight excluding hydrogens is 328 g/mol. The highest BCUT2D eigenvalue weighted by molar-refractivity contribution is 9.10. The Morgan fingerprint density at radius 3 is 2.74 bits per heavy atom. The highest BCUT2D eigenvalue weighted by Crippen LogP contribution is 2.23. The fourth-order valence-corrected chi connectivity index (χ4v) is 2.11. The van der Waals surface area contributed by atoms with Crippen molar-refractivity contribution in [3.63, 3.8) is 0 Å². The minimum absolute atomic E-state index is 0.188. The predicted octanol–water partition coefficient (Wildman–Crippen LogP) is 3.81. The van der Waals surface area contributed by atoms with Crippen molar-refractivity contribution in [3.8, 4) is 0 Å². The SMILES string of the molecule is NCc1cccc(NC(=O)c2ccc(Cl)c(Br)c2)c1. The van der Waals surface area contributed by atoms with Crippen molar-refractivity contribution in [1.82, 2.24) is 0 Å². The first-order valence-corrected chi connectivity index (χ1v) is 6.82. The highest BCUT2D eigenvalue weighted by atomic mass is 79.9. The number of benzene rings is 2. The molecule has 98 valence electrons. The number of hydrogen-bond donors (Lipinski definition) is 2. The van der Waals surface area contributed by atoms with Gasteiger partial charge in [-0.2, -0.15) is 0 Å². The molecule has 2 aromatic carbocycles. The number of carbonyl (C=O) groups excluding carboxylic acids is 1. The lowest BCUT2D eigenvalue weighted by atomic mass is 10.2. The largest absolute Gasteiger partial charge is 0.326 e. The summed E-state index contributed by atoms with van der Waals surface area (Å²) in [5, 5.41) is 3.39. The molecule has 2 aromatic rings. The molecule has 0 aliphatic heterocycles. The van der Waals surface area contributed by atoms with Crippen LogP contribution in [-0.2, 0) is 6.54 Å². The maximum absolute atomic E-state index is 12.1. The highest BCUT2D eigenvalue weighted by Gasteiger charge is 2.08. The van der Waals surface area contributed by atoms with E-state index in [0.717, 1.165) is 11.3 Å². The Morgan fingerprint density at radius 2 is 2.05 bits per heavy atom. The Morgan fingerprint density at radius 1 is 1.26 bits per heavy atom. The molecule has 0 spiro atoms. The van der Waals surface area contributed by atoms with E-state index >= 15 is 0 Å². The summed E-state index contributed by atoms with van der Waals surface area (Å²) in [5.74, 6) is -0.188. The average Bonchev–Trinajstić information content (AvgIpc) is 2.42. The second kappa shape index (κ2) is 6.19. The van der Waals surface area contributed by atoms with E-state index in [1.165, 1.54) is 0 Å². The van der Waals surface area contributed by atoms with Gasteiger partial charge in [-0.25, -0.2) is 0 Å². The predicted molar refractivity (Wildman–Crippen MR) is 81.4 cm³/mol. The third kappa shape index (κ3) is 3.56. The molecule has 3 nitrogen and oxygen atoms in total. The van der Waals surface area contributed by atoms with Gasteiger partial charge < -0.3 is 11.1 Å². The van der Waals surface area contributed by atoms with Gasteiger partial charge in [0.05, 0.1) is 5.02 Å². The van der Waals surface area contributed by atoms with Crippen molar-refractivity contribution in [2.75, 3.05) is 5.32 Å². The van der Waals surface area contributed by atoms with Gasteiger partial charge in [0, 0.05) is 22.3 Å². The van der Waals surface area contributed by atoms with Crippen LogP contribution < -0.4 is 11.1 Å². The molecule has 0 unspecified atom stereocenters. The molecule has 5 heteroatoms. The number of amides is 1. The monoisotopic (exact) mass is 338 g/mol. The molecule has 3 N–H and O–H groups in total. The van der Waals surface area contributed by atoms with Crippen LogP contribution in [0.5, 0.6) is 0 Å². The van der Waals surface area contributed by atoms with Crippen LogP contribution in [0.2, 0.25) is 5.02 Å². The molecule has 0 aliphatic rings. The van der Waals surface area contributed by atoms with Gasteiger partial charge >= 0.3 is 0 Å². The second-order valence-corrected chi connectivity index (χ2v) is 5.25. The first-order valence-electron chi connectivity index (χ1n) is 5.65. The fourth-order valence-electron chi connectivity index (χ4n) is 1.62. The third-order valence-electron chi connectivity index (χ3n) is 2.60.